The molecular weight excluding hydrogens is 782 g/mol. The van der Waals surface area contributed by atoms with Crippen LogP contribution in [0.5, 0.6) is 11.5 Å². The van der Waals surface area contributed by atoms with Crippen LogP contribution in [0.15, 0.2) is 85.1 Å². The van der Waals surface area contributed by atoms with Crippen LogP contribution in [-0.2, 0) is 32.8 Å². The Bertz CT molecular complexity index is 2320. The number of aromatic nitrogens is 3. The standard InChI is InChI=1S/C39H41F3N6O7SSi/c1-25(27-10-13-30(40)14-11-27)55-34-20-29(12-16-33(34)47-56(50,51)39(41)42)36-32(21-43)37(48(46-36)24-53-18-19-57(3,4)5)45-35-17-15-31(22-44-35)54-23-26-6-8-28(9-7-26)38(49)52-2/h6-17,20,22,25,39,47H,18-19,23-24H2,1-5H3,(H,44,45). The highest BCUT2D eigenvalue weighted by molar-refractivity contribution is 7.93. The second kappa shape index (κ2) is 18.4. The fourth-order valence-corrected chi connectivity index (χ4v) is 6.56. The summed E-state index contributed by atoms with van der Waals surface area (Å²) in [5, 5.41) is 18.3. The second-order valence-corrected chi connectivity index (χ2v) is 21.2. The van der Waals surface area contributed by atoms with Crippen LogP contribution in [0, 0.1) is 17.1 Å². The Kier molecular flexibility index (Phi) is 13.6. The highest BCUT2D eigenvalue weighted by Crippen LogP contribution is 2.38. The molecule has 0 aliphatic heterocycles. The summed E-state index contributed by atoms with van der Waals surface area (Å²) in [6, 6.07) is 22.6. The van der Waals surface area contributed by atoms with E-state index in [4.69, 9.17) is 18.9 Å². The summed E-state index contributed by atoms with van der Waals surface area (Å²) < 4.78 is 90.9. The molecule has 2 heterocycles. The van der Waals surface area contributed by atoms with Gasteiger partial charge in [-0.25, -0.2) is 27.3 Å². The number of rotatable bonds is 18. The van der Waals surface area contributed by atoms with E-state index in [0.29, 0.717) is 29.3 Å². The molecule has 0 fully saturated rings. The Morgan fingerprint density at radius 1 is 1.02 bits per heavy atom. The highest BCUT2D eigenvalue weighted by atomic mass is 32.2. The topological polar surface area (TPSA) is 167 Å². The average molecular weight is 823 g/mol. The van der Waals surface area contributed by atoms with Crippen LogP contribution in [0.1, 0.15) is 40.1 Å². The molecule has 0 radical (unpaired) electrons. The van der Waals surface area contributed by atoms with Crippen LogP contribution in [0.3, 0.4) is 0 Å². The summed E-state index contributed by atoms with van der Waals surface area (Å²) in [4.78, 5) is 16.2. The smallest absolute Gasteiger partial charge is 0.355 e. The van der Waals surface area contributed by atoms with Crippen LogP contribution in [0.4, 0.5) is 30.5 Å². The molecule has 5 rings (SSSR count). The molecule has 0 spiro atoms. The maximum Gasteiger partial charge on any atom is 0.355 e. The van der Waals surface area contributed by atoms with Gasteiger partial charge in [0.1, 0.15) is 59.9 Å². The van der Waals surface area contributed by atoms with Crippen LogP contribution < -0.4 is 19.5 Å². The SMILES string of the molecule is COC(=O)c1ccc(COc2ccc(Nc3c(C#N)c(-c4ccc(NS(=O)(=O)C(F)F)c(OC(C)c5ccc(F)cc5)c4)nn3COCC[Si](C)(C)C)nc2)cc1. The number of esters is 1. The molecule has 300 valence electrons. The van der Waals surface area contributed by atoms with Crippen molar-refractivity contribution in [2.45, 2.75) is 57.8 Å². The number of hydrogen-bond donors (Lipinski definition) is 2. The fraction of sp³-hybridized carbons (Fsp3) is 0.282. The van der Waals surface area contributed by atoms with Gasteiger partial charge in [0.25, 0.3) is 10.0 Å². The first kappa shape index (κ1) is 42.2. The largest absolute Gasteiger partial charge is 0.487 e. The minimum Gasteiger partial charge on any atom is -0.487 e. The normalized spacial score (nSPS) is 12.1. The lowest BCUT2D eigenvalue weighted by molar-refractivity contribution is 0.0600. The first-order valence-corrected chi connectivity index (χ1v) is 22.8. The molecule has 13 nitrogen and oxygen atoms in total. The molecule has 0 aliphatic carbocycles. The van der Waals surface area contributed by atoms with Gasteiger partial charge in [-0.2, -0.15) is 19.1 Å². The number of alkyl halides is 2. The van der Waals surface area contributed by atoms with Gasteiger partial charge >= 0.3 is 11.7 Å². The molecule has 0 aliphatic rings. The lowest BCUT2D eigenvalue weighted by atomic mass is 10.1. The van der Waals surface area contributed by atoms with Crippen molar-refractivity contribution >= 4 is 41.4 Å². The predicted octanol–water partition coefficient (Wildman–Crippen LogP) is 8.48. The molecule has 1 unspecified atom stereocenters. The van der Waals surface area contributed by atoms with Gasteiger partial charge < -0.3 is 24.3 Å². The van der Waals surface area contributed by atoms with Crippen LogP contribution >= 0.6 is 0 Å². The lowest BCUT2D eigenvalue weighted by Crippen LogP contribution is -2.22. The summed E-state index contributed by atoms with van der Waals surface area (Å²) >= 11 is 0. The number of nitrogens with zero attached hydrogens (tertiary/aromatic N) is 4. The minimum atomic E-state index is -5.10. The number of methoxy groups -OCH3 is 1. The number of halogens is 3. The second-order valence-electron chi connectivity index (χ2n) is 13.9. The van der Waals surface area contributed by atoms with Gasteiger partial charge in [-0.15, -0.1) is 0 Å². The Balaban J connectivity index is 1.46. The zero-order valence-electron chi connectivity index (χ0n) is 31.8. The van der Waals surface area contributed by atoms with Gasteiger partial charge in [0.05, 0.1) is 24.6 Å². The molecule has 57 heavy (non-hydrogen) atoms. The quantitative estimate of drug-likeness (QED) is 0.0494. The number of benzene rings is 3. The molecule has 1 atom stereocenters. The van der Waals surface area contributed by atoms with Crippen molar-refractivity contribution in [3.05, 3.63) is 113 Å². The van der Waals surface area contributed by atoms with Crippen molar-refractivity contribution in [2.75, 3.05) is 23.8 Å². The molecule has 2 aromatic heterocycles. The molecule has 3 aromatic carbocycles. The van der Waals surface area contributed by atoms with Gasteiger partial charge in [0.2, 0.25) is 0 Å². The van der Waals surface area contributed by atoms with E-state index in [-0.39, 0.29) is 47.4 Å². The predicted molar refractivity (Wildman–Crippen MR) is 210 cm³/mol. The first-order valence-electron chi connectivity index (χ1n) is 17.5. The highest BCUT2D eigenvalue weighted by Gasteiger charge is 2.27. The molecule has 18 heteroatoms. The number of nitriles is 1. The van der Waals surface area contributed by atoms with E-state index in [9.17, 15) is 31.6 Å². The lowest BCUT2D eigenvalue weighted by Gasteiger charge is -2.19. The minimum absolute atomic E-state index is 0.0469. The molecule has 0 saturated heterocycles. The summed E-state index contributed by atoms with van der Waals surface area (Å²) in [5.41, 5.74) is 1.96. The average Bonchev–Trinajstić information content (AvgIpc) is 3.53. The number of sulfonamides is 1. The third-order valence-electron chi connectivity index (χ3n) is 8.42. The van der Waals surface area contributed by atoms with E-state index >= 15 is 0 Å². The Hall–Kier alpha value is -5.90. The van der Waals surface area contributed by atoms with Gasteiger partial charge in [-0.1, -0.05) is 50.0 Å². The van der Waals surface area contributed by atoms with Crippen LogP contribution in [0.25, 0.3) is 11.3 Å². The van der Waals surface area contributed by atoms with Gasteiger partial charge in [-0.3, -0.25) is 4.72 Å². The van der Waals surface area contributed by atoms with Gasteiger partial charge in [0.15, 0.2) is 5.82 Å². The number of hydrogen-bond acceptors (Lipinski definition) is 11. The van der Waals surface area contributed by atoms with Crippen molar-refractivity contribution in [1.29, 1.82) is 5.26 Å². The van der Waals surface area contributed by atoms with E-state index in [1.54, 1.807) is 43.3 Å². The third-order valence-corrected chi connectivity index (χ3v) is 11.1. The van der Waals surface area contributed by atoms with E-state index in [0.717, 1.165) is 11.6 Å². The van der Waals surface area contributed by atoms with E-state index in [1.165, 1.54) is 60.5 Å². The van der Waals surface area contributed by atoms with Crippen LogP contribution in [-0.4, -0.2) is 56.7 Å². The van der Waals surface area contributed by atoms with Crippen molar-refractivity contribution in [1.82, 2.24) is 14.8 Å². The number of nitrogens with one attached hydrogen (secondary N) is 2. The number of carbonyl (C=O) groups excluding carboxylic acids is 1. The molecular formula is C39H41F3N6O7SSi. The van der Waals surface area contributed by atoms with Gasteiger partial charge in [-0.05, 0) is 72.6 Å². The van der Waals surface area contributed by atoms with Crippen molar-refractivity contribution in [3.8, 4) is 28.8 Å². The van der Waals surface area contributed by atoms with Crippen LogP contribution in [0.2, 0.25) is 25.7 Å². The van der Waals surface area contributed by atoms with Crippen molar-refractivity contribution < 1.29 is 45.3 Å². The monoisotopic (exact) mass is 822 g/mol. The maximum absolute atomic E-state index is 13.6. The molecule has 5 aromatic rings. The number of carbonyl (C=O) groups is 1. The first-order chi connectivity index (χ1) is 27.1. The maximum atomic E-state index is 13.6. The number of pyridine rings is 1. The zero-order valence-corrected chi connectivity index (χ0v) is 33.6. The van der Waals surface area contributed by atoms with Crippen molar-refractivity contribution in [3.63, 3.8) is 0 Å². The van der Waals surface area contributed by atoms with E-state index in [1.807, 2.05) is 4.72 Å². The third kappa shape index (κ3) is 11.3. The Labute approximate surface area is 329 Å². The Morgan fingerprint density at radius 2 is 1.74 bits per heavy atom. The molecule has 2 N–H and O–H groups in total. The molecule has 0 bridgehead atoms. The number of ether oxygens (including phenoxy) is 4. The van der Waals surface area contributed by atoms with Gasteiger partial charge in [0, 0.05) is 20.2 Å². The molecule has 0 amide bonds. The summed E-state index contributed by atoms with van der Waals surface area (Å²) in [6.07, 6.45) is 0.708. The molecule has 0 saturated carbocycles. The Morgan fingerprint density at radius 3 is 2.35 bits per heavy atom. The summed E-state index contributed by atoms with van der Waals surface area (Å²) in [5.74, 6) is -3.77. The van der Waals surface area contributed by atoms with E-state index in [2.05, 4.69) is 41.1 Å². The zero-order chi connectivity index (χ0) is 41.3. The summed E-state index contributed by atoms with van der Waals surface area (Å²) in [6.45, 7) is 8.86. The fourth-order valence-electron chi connectivity index (χ4n) is 5.24. The van der Waals surface area contributed by atoms with E-state index < -0.39 is 41.7 Å². The van der Waals surface area contributed by atoms with Crippen molar-refractivity contribution in [2.24, 2.45) is 0 Å². The summed E-state index contributed by atoms with van der Waals surface area (Å²) in [7, 11) is -5.23. The number of anilines is 3.